The normalized spacial score (nSPS) is 22.2. The standard InChI is InChI=1S/C3H9N3O9S3/c7-16(8,9)4-1-5(17(10,11)12)3-6(2-4)18(13,14)15/h1-3H2,(H,7,8,9)(H,10,11,12)(H,13,14,15)/p-3. The van der Waals surface area contributed by atoms with Gasteiger partial charge in [0.25, 0.3) is 0 Å². The average molecular weight is 324 g/mol. The topological polar surface area (TPSA) is 181 Å². The first-order valence-electron chi connectivity index (χ1n) is 3.95. The second-order valence-electron chi connectivity index (χ2n) is 3.15. The van der Waals surface area contributed by atoms with Crippen LogP contribution in [0, 0.1) is 0 Å². The lowest BCUT2D eigenvalue weighted by Crippen LogP contribution is -2.59. The summed E-state index contributed by atoms with van der Waals surface area (Å²) in [5.41, 5.74) is 0. The van der Waals surface area contributed by atoms with E-state index in [-0.39, 0.29) is 12.9 Å². The molecule has 12 nitrogen and oxygen atoms in total. The molecule has 1 rings (SSSR count). The van der Waals surface area contributed by atoms with Gasteiger partial charge in [0.1, 0.15) is 0 Å². The van der Waals surface area contributed by atoms with E-state index in [2.05, 4.69) is 0 Å². The first-order valence-corrected chi connectivity index (χ1v) is 8.04. The lowest BCUT2D eigenvalue weighted by atomic mass is 10.8. The average Bonchev–Trinajstić information content (AvgIpc) is 2.13. The number of hydrogen-bond acceptors (Lipinski definition) is 9. The van der Waals surface area contributed by atoms with Crippen molar-refractivity contribution in [2.75, 3.05) is 20.0 Å². The van der Waals surface area contributed by atoms with Crippen LogP contribution in [0.5, 0.6) is 0 Å². The van der Waals surface area contributed by atoms with Crippen molar-refractivity contribution in [1.29, 1.82) is 0 Å². The highest BCUT2D eigenvalue weighted by Crippen LogP contribution is 2.15. The van der Waals surface area contributed by atoms with Crippen LogP contribution in [-0.2, 0) is 30.9 Å². The first-order chi connectivity index (χ1) is 7.82. The molecule has 0 N–H and O–H groups in total. The molecule has 0 atom stereocenters. The van der Waals surface area contributed by atoms with Crippen LogP contribution < -0.4 is 0 Å². The van der Waals surface area contributed by atoms with Gasteiger partial charge < -0.3 is 13.7 Å². The minimum atomic E-state index is -5.22. The van der Waals surface area contributed by atoms with Crippen molar-refractivity contribution in [2.24, 2.45) is 0 Å². The molecular weight excluding hydrogens is 318 g/mol. The molecule has 0 spiro atoms. The lowest BCUT2D eigenvalue weighted by Gasteiger charge is -2.42. The van der Waals surface area contributed by atoms with E-state index in [0.29, 0.717) is 0 Å². The molecule has 0 bridgehead atoms. The monoisotopic (exact) mass is 324 g/mol. The van der Waals surface area contributed by atoms with Crippen LogP contribution in [0.1, 0.15) is 0 Å². The molecule has 0 unspecified atom stereocenters. The summed E-state index contributed by atoms with van der Waals surface area (Å²) in [6.45, 7) is -3.45. The molecule has 0 aromatic carbocycles. The van der Waals surface area contributed by atoms with Gasteiger partial charge in [-0.1, -0.05) is 0 Å². The summed E-state index contributed by atoms with van der Waals surface area (Å²) in [6, 6.07) is 0. The third kappa shape index (κ3) is 3.80. The van der Waals surface area contributed by atoms with Crippen LogP contribution in [0.4, 0.5) is 0 Å². The maximum atomic E-state index is 10.7. The van der Waals surface area contributed by atoms with Gasteiger partial charge in [-0.15, -0.1) is 0 Å². The third-order valence-corrected chi connectivity index (χ3v) is 4.49. The molecular formula is C3H6N3O9S3-3. The number of hydrogen-bond donors (Lipinski definition) is 0. The summed E-state index contributed by atoms with van der Waals surface area (Å²) in [5, 5.41) is 0. The Bertz CT molecular complexity index is 523. The zero-order chi connectivity index (χ0) is 14.4. The molecule has 18 heavy (non-hydrogen) atoms. The van der Waals surface area contributed by atoms with Crippen LogP contribution in [0.25, 0.3) is 0 Å². The van der Waals surface area contributed by atoms with Gasteiger partial charge in [0.2, 0.25) is 0 Å². The second-order valence-corrected chi connectivity index (χ2v) is 7.27. The third-order valence-electron chi connectivity index (χ3n) is 1.90. The summed E-state index contributed by atoms with van der Waals surface area (Å²) in [6.07, 6.45) is 0. The quantitative estimate of drug-likeness (QED) is 0.469. The van der Waals surface area contributed by atoms with Gasteiger partial charge in [0, 0.05) is 0 Å². The fraction of sp³-hybridized carbons (Fsp3) is 1.00. The molecule has 1 fully saturated rings. The zero-order valence-corrected chi connectivity index (χ0v) is 10.8. The summed E-state index contributed by atoms with van der Waals surface area (Å²) < 4.78 is 95.4. The maximum absolute atomic E-state index is 10.7. The lowest BCUT2D eigenvalue weighted by molar-refractivity contribution is 0.102. The van der Waals surface area contributed by atoms with Gasteiger partial charge in [0.15, 0.2) is 30.9 Å². The van der Waals surface area contributed by atoms with E-state index in [1.54, 1.807) is 0 Å². The highest BCUT2D eigenvalue weighted by molar-refractivity contribution is 7.85. The van der Waals surface area contributed by atoms with Crippen molar-refractivity contribution < 1.29 is 38.9 Å². The van der Waals surface area contributed by atoms with Crippen molar-refractivity contribution in [3.05, 3.63) is 0 Å². The highest BCUT2D eigenvalue weighted by atomic mass is 32.2. The molecule has 1 aliphatic rings. The first kappa shape index (κ1) is 15.7. The second kappa shape index (κ2) is 4.62. The fourth-order valence-corrected chi connectivity index (χ4v) is 2.99. The zero-order valence-electron chi connectivity index (χ0n) is 8.36. The van der Waals surface area contributed by atoms with E-state index in [9.17, 15) is 38.9 Å². The molecule has 0 amide bonds. The van der Waals surface area contributed by atoms with Gasteiger partial charge >= 0.3 is 0 Å². The Hall–Kier alpha value is -0.390. The molecule has 1 aliphatic heterocycles. The predicted molar refractivity (Wildman–Crippen MR) is 49.2 cm³/mol. The minimum absolute atomic E-state index is 0.179. The van der Waals surface area contributed by atoms with E-state index in [1.807, 2.05) is 0 Å². The Labute approximate surface area is 103 Å². The molecule has 108 valence electrons. The van der Waals surface area contributed by atoms with Crippen LogP contribution in [0.3, 0.4) is 0 Å². The summed E-state index contributed by atoms with van der Waals surface area (Å²) in [5.74, 6) is 0. The minimum Gasteiger partial charge on any atom is -0.735 e. The molecule has 0 aliphatic carbocycles. The molecule has 15 heteroatoms. The highest BCUT2D eigenvalue weighted by Gasteiger charge is 2.32. The number of rotatable bonds is 3. The molecule has 0 aromatic rings. The molecule has 1 saturated heterocycles. The molecule has 1 heterocycles. The van der Waals surface area contributed by atoms with E-state index >= 15 is 0 Å². The van der Waals surface area contributed by atoms with Crippen LogP contribution in [-0.4, -0.2) is 71.8 Å². The van der Waals surface area contributed by atoms with E-state index in [0.717, 1.165) is 0 Å². The maximum Gasteiger partial charge on any atom is 0.164 e. The molecule has 0 aromatic heterocycles. The van der Waals surface area contributed by atoms with Crippen LogP contribution in [0.2, 0.25) is 0 Å². The SMILES string of the molecule is O=S(=O)([O-])N1CN(S(=O)(=O)[O-])CN(S(=O)(=O)[O-])C1. The Morgan fingerprint density at radius 1 is 0.556 bits per heavy atom. The Morgan fingerprint density at radius 2 is 0.722 bits per heavy atom. The van der Waals surface area contributed by atoms with Crippen molar-refractivity contribution in [3.8, 4) is 0 Å². The summed E-state index contributed by atoms with van der Waals surface area (Å²) >= 11 is 0. The van der Waals surface area contributed by atoms with Crippen molar-refractivity contribution >= 4 is 30.9 Å². The fourth-order valence-electron chi connectivity index (χ4n) is 1.09. The Balaban J connectivity index is 3.16. The summed E-state index contributed by atoms with van der Waals surface area (Å²) in [4.78, 5) is 0. The van der Waals surface area contributed by atoms with E-state index in [1.165, 1.54) is 0 Å². The van der Waals surface area contributed by atoms with E-state index in [4.69, 9.17) is 0 Å². The van der Waals surface area contributed by atoms with Gasteiger partial charge in [-0.3, -0.25) is 0 Å². The largest absolute Gasteiger partial charge is 0.735 e. The Kier molecular flexibility index (Phi) is 4.02. The van der Waals surface area contributed by atoms with Gasteiger partial charge in [-0.2, -0.15) is 12.9 Å². The van der Waals surface area contributed by atoms with Gasteiger partial charge in [0.05, 0.1) is 20.0 Å². The van der Waals surface area contributed by atoms with Crippen molar-refractivity contribution in [3.63, 3.8) is 0 Å². The summed E-state index contributed by atoms with van der Waals surface area (Å²) in [7, 11) is -15.7. The smallest absolute Gasteiger partial charge is 0.164 e. The molecule has 0 radical (unpaired) electrons. The molecule has 0 saturated carbocycles. The van der Waals surface area contributed by atoms with E-state index < -0.39 is 50.9 Å². The van der Waals surface area contributed by atoms with Crippen LogP contribution in [0.15, 0.2) is 0 Å². The Morgan fingerprint density at radius 3 is 0.833 bits per heavy atom. The van der Waals surface area contributed by atoms with Crippen molar-refractivity contribution in [1.82, 2.24) is 12.9 Å². The van der Waals surface area contributed by atoms with Crippen LogP contribution >= 0.6 is 0 Å². The number of nitrogens with zero attached hydrogens (tertiary/aromatic N) is 3. The van der Waals surface area contributed by atoms with Gasteiger partial charge in [-0.05, 0) is 0 Å². The van der Waals surface area contributed by atoms with Crippen molar-refractivity contribution in [2.45, 2.75) is 0 Å². The predicted octanol–water partition coefficient (Wildman–Crippen LogP) is -3.84. The van der Waals surface area contributed by atoms with Gasteiger partial charge in [-0.25, -0.2) is 25.3 Å².